The van der Waals surface area contributed by atoms with Gasteiger partial charge in [-0.05, 0) is 37.1 Å². The molecular formula is C18H22N2O3S. The number of unbranched alkanes of at least 4 members (excludes halogenated alkanes) is 1. The summed E-state index contributed by atoms with van der Waals surface area (Å²) in [5, 5.41) is 5.22. The number of carbonyl (C=O) groups excluding carboxylic acids is 1. The van der Waals surface area contributed by atoms with E-state index in [-0.39, 0.29) is 5.91 Å². The van der Waals surface area contributed by atoms with Crippen molar-refractivity contribution in [3.8, 4) is 11.5 Å². The highest BCUT2D eigenvalue weighted by Gasteiger charge is 2.05. The maximum Gasteiger partial charge on any atom is 0.250 e. The highest BCUT2D eigenvalue weighted by atomic mass is 32.1. The van der Waals surface area contributed by atoms with E-state index in [0.717, 1.165) is 24.1 Å². The Morgan fingerprint density at radius 3 is 2.88 bits per heavy atom. The molecule has 6 heteroatoms. The van der Waals surface area contributed by atoms with E-state index < -0.39 is 0 Å². The minimum absolute atomic E-state index is 0.216. The van der Waals surface area contributed by atoms with E-state index in [9.17, 15) is 4.79 Å². The average Bonchev–Trinajstić information content (AvgIpc) is 2.98. The molecule has 5 nitrogen and oxygen atoms in total. The molecule has 24 heavy (non-hydrogen) atoms. The van der Waals surface area contributed by atoms with Crippen LogP contribution in [-0.4, -0.2) is 24.6 Å². The first kappa shape index (κ1) is 18.0. The number of amides is 1. The molecule has 2 aromatic rings. The fraction of sp³-hybridized carbons (Fsp3) is 0.333. The van der Waals surface area contributed by atoms with Crippen molar-refractivity contribution in [3.63, 3.8) is 0 Å². The average molecular weight is 346 g/mol. The number of thiazole rings is 1. The van der Waals surface area contributed by atoms with Crippen molar-refractivity contribution < 1.29 is 14.3 Å². The molecule has 0 unspecified atom stereocenters. The molecule has 2 rings (SSSR count). The van der Waals surface area contributed by atoms with Gasteiger partial charge < -0.3 is 9.47 Å². The van der Waals surface area contributed by atoms with Crippen molar-refractivity contribution in [2.45, 2.75) is 26.7 Å². The van der Waals surface area contributed by atoms with Crippen LogP contribution in [0.1, 0.15) is 31.0 Å². The summed E-state index contributed by atoms with van der Waals surface area (Å²) in [5.74, 6) is 1.15. The Labute approximate surface area is 146 Å². The summed E-state index contributed by atoms with van der Waals surface area (Å²) in [6.07, 6.45) is 5.29. The fourth-order valence-electron chi connectivity index (χ4n) is 1.96. The number of carbonyl (C=O) groups is 1. The molecule has 0 spiro atoms. The predicted octanol–water partition coefficient (Wildman–Crippen LogP) is 4.29. The number of aromatic nitrogens is 1. The van der Waals surface area contributed by atoms with Crippen molar-refractivity contribution in [1.82, 2.24) is 4.98 Å². The molecule has 0 bridgehead atoms. The summed E-state index contributed by atoms with van der Waals surface area (Å²) in [6, 6.07) is 5.59. The van der Waals surface area contributed by atoms with Gasteiger partial charge in [0.05, 0.1) is 19.4 Å². The van der Waals surface area contributed by atoms with Gasteiger partial charge in [0.25, 0.3) is 0 Å². The van der Waals surface area contributed by atoms with Gasteiger partial charge in [-0.2, -0.15) is 0 Å². The van der Waals surface area contributed by atoms with E-state index in [2.05, 4.69) is 17.2 Å². The number of nitrogens with zero attached hydrogens (tertiary/aromatic N) is 1. The lowest BCUT2D eigenvalue weighted by atomic mass is 10.2. The fourth-order valence-corrected chi connectivity index (χ4v) is 2.66. The molecule has 0 aliphatic rings. The molecule has 0 fully saturated rings. The largest absolute Gasteiger partial charge is 0.493 e. The Hall–Kier alpha value is -2.34. The Morgan fingerprint density at radius 2 is 2.21 bits per heavy atom. The predicted molar refractivity (Wildman–Crippen MR) is 97.9 cm³/mol. The second-order valence-corrected chi connectivity index (χ2v) is 6.09. The van der Waals surface area contributed by atoms with Gasteiger partial charge >= 0.3 is 0 Å². The van der Waals surface area contributed by atoms with Crippen LogP contribution in [0.3, 0.4) is 0 Å². The zero-order valence-corrected chi connectivity index (χ0v) is 15.0. The van der Waals surface area contributed by atoms with Crippen LogP contribution in [0, 0.1) is 6.92 Å². The van der Waals surface area contributed by atoms with Gasteiger partial charge in [-0.25, -0.2) is 4.98 Å². The van der Waals surface area contributed by atoms with Crippen LogP contribution in [0.2, 0.25) is 0 Å². The number of aryl methyl sites for hydroxylation is 1. The Morgan fingerprint density at radius 1 is 1.38 bits per heavy atom. The van der Waals surface area contributed by atoms with Crippen LogP contribution in [0.5, 0.6) is 11.5 Å². The molecule has 0 saturated heterocycles. The third kappa shape index (κ3) is 5.38. The summed E-state index contributed by atoms with van der Waals surface area (Å²) in [7, 11) is 1.60. The second kappa shape index (κ2) is 9.08. The van der Waals surface area contributed by atoms with Crippen LogP contribution in [0.25, 0.3) is 6.08 Å². The number of rotatable bonds is 8. The number of benzene rings is 1. The summed E-state index contributed by atoms with van der Waals surface area (Å²) in [5.41, 5.74) is 1.75. The topological polar surface area (TPSA) is 60.5 Å². The van der Waals surface area contributed by atoms with E-state index in [4.69, 9.17) is 9.47 Å². The summed E-state index contributed by atoms with van der Waals surface area (Å²) in [6.45, 7) is 4.67. The monoisotopic (exact) mass is 346 g/mol. The number of ether oxygens (including phenoxy) is 2. The minimum atomic E-state index is -0.216. The lowest BCUT2D eigenvalue weighted by Gasteiger charge is -2.10. The molecule has 0 radical (unpaired) electrons. The minimum Gasteiger partial charge on any atom is -0.493 e. The van der Waals surface area contributed by atoms with Gasteiger partial charge in [0.1, 0.15) is 0 Å². The molecule has 0 atom stereocenters. The zero-order valence-electron chi connectivity index (χ0n) is 14.2. The van der Waals surface area contributed by atoms with Crippen molar-refractivity contribution in [2.24, 2.45) is 0 Å². The SMILES string of the molecule is CCCCOc1ccc(C=CC(=O)Nc2nc(C)cs2)cc1OC. The van der Waals surface area contributed by atoms with Crippen LogP contribution in [-0.2, 0) is 4.79 Å². The number of methoxy groups -OCH3 is 1. The third-order valence-electron chi connectivity index (χ3n) is 3.22. The van der Waals surface area contributed by atoms with Crippen molar-refractivity contribution in [1.29, 1.82) is 0 Å². The van der Waals surface area contributed by atoms with Crippen molar-refractivity contribution >= 4 is 28.5 Å². The van der Waals surface area contributed by atoms with Gasteiger partial charge in [0, 0.05) is 11.5 Å². The first-order valence-electron chi connectivity index (χ1n) is 7.84. The highest BCUT2D eigenvalue weighted by molar-refractivity contribution is 7.13. The maximum atomic E-state index is 11.9. The van der Waals surface area contributed by atoms with Gasteiger partial charge in [-0.15, -0.1) is 11.3 Å². The number of hydrogen-bond donors (Lipinski definition) is 1. The molecule has 0 aliphatic carbocycles. The smallest absolute Gasteiger partial charge is 0.250 e. The number of anilines is 1. The molecule has 0 aliphatic heterocycles. The Bertz CT molecular complexity index is 710. The van der Waals surface area contributed by atoms with Crippen molar-refractivity contribution in [2.75, 3.05) is 19.0 Å². The molecular weight excluding hydrogens is 324 g/mol. The molecule has 1 aromatic carbocycles. The van der Waals surface area contributed by atoms with Crippen LogP contribution >= 0.6 is 11.3 Å². The highest BCUT2D eigenvalue weighted by Crippen LogP contribution is 2.28. The molecule has 0 saturated carbocycles. The van der Waals surface area contributed by atoms with E-state index in [0.29, 0.717) is 23.2 Å². The molecule has 1 heterocycles. The quantitative estimate of drug-likeness (QED) is 0.572. The van der Waals surface area contributed by atoms with Gasteiger partial charge in [0.15, 0.2) is 16.6 Å². The van der Waals surface area contributed by atoms with Crippen LogP contribution in [0.15, 0.2) is 29.7 Å². The normalized spacial score (nSPS) is 10.8. The van der Waals surface area contributed by atoms with E-state index in [1.807, 2.05) is 30.5 Å². The number of nitrogens with one attached hydrogen (secondary N) is 1. The van der Waals surface area contributed by atoms with Crippen molar-refractivity contribution in [3.05, 3.63) is 40.9 Å². The third-order valence-corrected chi connectivity index (χ3v) is 4.10. The molecule has 1 N–H and O–H groups in total. The van der Waals surface area contributed by atoms with Gasteiger partial charge in [-0.3, -0.25) is 10.1 Å². The first-order valence-corrected chi connectivity index (χ1v) is 8.72. The van der Waals surface area contributed by atoms with Gasteiger partial charge in [0.2, 0.25) is 5.91 Å². The lowest BCUT2D eigenvalue weighted by molar-refractivity contribution is -0.111. The van der Waals surface area contributed by atoms with Crippen LogP contribution < -0.4 is 14.8 Å². The number of hydrogen-bond acceptors (Lipinski definition) is 5. The summed E-state index contributed by atoms with van der Waals surface area (Å²) in [4.78, 5) is 16.1. The lowest BCUT2D eigenvalue weighted by Crippen LogP contribution is -2.07. The first-order chi connectivity index (χ1) is 11.6. The molecule has 128 valence electrons. The standard InChI is InChI=1S/C18H22N2O3S/c1-4-5-10-23-15-8-6-14(11-16(15)22-3)7-9-17(21)20-18-19-13(2)12-24-18/h6-9,11-12H,4-5,10H2,1-3H3,(H,19,20,21). The van der Waals surface area contributed by atoms with Crippen LogP contribution in [0.4, 0.5) is 5.13 Å². The van der Waals surface area contributed by atoms with E-state index >= 15 is 0 Å². The van der Waals surface area contributed by atoms with E-state index in [1.54, 1.807) is 13.2 Å². The second-order valence-electron chi connectivity index (χ2n) is 5.23. The zero-order chi connectivity index (χ0) is 17.4. The summed E-state index contributed by atoms with van der Waals surface area (Å²) < 4.78 is 11.0. The van der Waals surface area contributed by atoms with Gasteiger partial charge in [-0.1, -0.05) is 19.4 Å². The van der Waals surface area contributed by atoms with E-state index in [1.165, 1.54) is 17.4 Å². The Kier molecular flexibility index (Phi) is 6.81. The molecule has 1 aromatic heterocycles. The maximum absolute atomic E-state index is 11.9. The Balaban J connectivity index is 1.99. The molecule has 1 amide bonds. The summed E-state index contributed by atoms with van der Waals surface area (Å²) >= 11 is 1.40.